The van der Waals surface area contributed by atoms with Crippen LogP contribution >= 0.6 is 0 Å². The summed E-state index contributed by atoms with van der Waals surface area (Å²) in [6.07, 6.45) is 71.4. The lowest BCUT2D eigenvalue weighted by atomic mass is 10.0. The van der Waals surface area contributed by atoms with E-state index in [0.717, 1.165) is 83.5 Å². The largest absolute Gasteiger partial charge is 0.462 e. The fourth-order valence-corrected chi connectivity index (χ4v) is 7.68. The van der Waals surface area contributed by atoms with Gasteiger partial charge in [0.25, 0.3) is 0 Å². The summed E-state index contributed by atoms with van der Waals surface area (Å²) in [5, 5.41) is 0. The summed E-state index contributed by atoms with van der Waals surface area (Å²) in [4.78, 5) is 38.1. The van der Waals surface area contributed by atoms with Crippen LogP contribution in [0.15, 0.2) is 85.1 Å². The number of hydrogen-bond acceptors (Lipinski definition) is 6. The number of allylic oxidation sites excluding steroid dienone is 14. The van der Waals surface area contributed by atoms with Crippen LogP contribution in [0.5, 0.6) is 0 Å². The Labute approximate surface area is 414 Å². The van der Waals surface area contributed by atoms with Crippen LogP contribution < -0.4 is 0 Å². The third-order valence-electron chi connectivity index (χ3n) is 11.9. The number of carbonyl (C=O) groups is 3. The van der Waals surface area contributed by atoms with Crippen molar-refractivity contribution >= 4 is 17.9 Å². The molecule has 0 aliphatic rings. The van der Waals surface area contributed by atoms with Gasteiger partial charge in [0.2, 0.25) is 0 Å². The van der Waals surface area contributed by atoms with Crippen molar-refractivity contribution in [3.05, 3.63) is 85.1 Å². The molecule has 0 bridgehead atoms. The lowest BCUT2D eigenvalue weighted by Crippen LogP contribution is -2.30. The Balaban J connectivity index is 4.45. The van der Waals surface area contributed by atoms with Gasteiger partial charge in [-0.2, -0.15) is 0 Å². The van der Waals surface area contributed by atoms with Crippen molar-refractivity contribution in [1.29, 1.82) is 0 Å². The minimum atomic E-state index is -0.806. The molecule has 0 aromatic heterocycles. The maximum Gasteiger partial charge on any atom is 0.306 e. The molecule has 0 amide bonds. The van der Waals surface area contributed by atoms with E-state index >= 15 is 0 Å². The Morgan fingerprint density at radius 1 is 0.313 bits per heavy atom. The molecule has 0 saturated heterocycles. The second kappa shape index (κ2) is 55.2. The van der Waals surface area contributed by atoms with E-state index in [2.05, 4.69) is 106 Å². The molecule has 0 aliphatic carbocycles. The number of hydrogen-bond donors (Lipinski definition) is 0. The smallest absolute Gasteiger partial charge is 0.306 e. The number of esters is 3. The number of ether oxygens (including phenoxy) is 3. The van der Waals surface area contributed by atoms with Gasteiger partial charge in [-0.3, -0.25) is 14.4 Å². The Morgan fingerprint density at radius 2 is 0.597 bits per heavy atom. The van der Waals surface area contributed by atoms with Crippen molar-refractivity contribution in [2.24, 2.45) is 0 Å². The van der Waals surface area contributed by atoms with Crippen molar-refractivity contribution in [3.63, 3.8) is 0 Å². The third kappa shape index (κ3) is 53.4. The predicted molar refractivity (Wildman–Crippen MR) is 288 cm³/mol. The lowest BCUT2D eigenvalue weighted by Gasteiger charge is -2.18. The molecule has 0 spiro atoms. The topological polar surface area (TPSA) is 78.9 Å². The first-order valence-electron chi connectivity index (χ1n) is 28.1. The van der Waals surface area contributed by atoms with Crippen LogP contribution in [0, 0.1) is 0 Å². The summed E-state index contributed by atoms with van der Waals surface area (Å²) in [6, 6.07) is 0. The standard InChI is InChI=1S/C61H104O6/c1-4-7-10-13-16-19-22-25-27-29-30-32-33-36-39-42-45-48-51-54-60(63)66-57-58(56-65-59(62)53-50-47-44-41-38-35-24-21-18-15-12-9-6-3)67-61(64)55-52-49-46-43-40-37-34-31-28-26-23-20-17-14-11-8-5-2/h8,11,16-17,19-20,25-28,34,37,43,46,58H,4-7,9-10,12-15,18,21-24,29-33,35-36,38-42,44-45,47-57H2,1-3H3/b11-8+,19-16+,20-17+,27-25+,28-26+,37-34+,46-43+/t58-/m1/s1. The highest BCUT2D eigenvalue weighted by molar-refractivity contribution is 5.71. The molecule has 6 nitrogen and oxygen atoms in total. The second-order valence-corrected chi connectivity index (χ2v) is 18.5. The number of unbranched alkanes of at least 4 members (excludes halogenated alkanes) is 25. The average Bonchev–Trinajstić information content (AvgIpc) is 3.33. The SMILES string of the molecule is CC/C=C/C/C=C/C/C=C/C/C=C/C/C=C/CCCC(=O)O[C@@H](COC(=O)CCCCCCCCCCC/C=C/C/C=C/CCCCC)COC(=O)CCCCCCCCCCCCCCC. The molecule has 0 aliphatic heterocycles. The molecule has 384 valence electrons. The Bertz CT molecular complexity index is 1300. The van der Waals surface area contributed by atoms with Crippen LogP contribution in [0.4, 0.5) is 0 Å². The van der Waals surface area contributed by atoms with E-state index < -0.39 is 6.10 Å². The van der Waals surface area contributed by atoms with Gasteiger partial charge in [-0.25, -0.2) is 0 Å². The van der Waals surface area contributed by atoms with Crippen molar-refractivity contribution in [3.8, 4) is 0 Å². The summed E-state index contributed by atoms with van der Waals surface area (Å²) in [5.74, 6) is -0.957. The van der Waals surface area contributed by atoms with Crippen molar-refractivity contribution in [1.82, 2.24) is 0 Å². The van der Waals surface area contributed by atoms with Gasteiger partial charge in [0, 0.05) is 19.3 Å². The summed E-state index contributed by atoms with van der Waals surface area (Å²) >= 11 is 0. The van der Waals surface area contributed by atoms with Gasteiger partial charge < -0.3 is 14.2 Å². The Kier molecular flexibility index (Phi) is 52.4. The minimum Gasteiger partial charge on any atom is -0.462 e. The van der Waals surface area contributed by atoms with E-state index in [-0.39, 0.29) is 37.5 Å². The zero-order valence-electron chi connectivity index (χ0n) is 43.9. The van der Waals surface area contributed by atoms with Crippen LogP contribution in [0.25, 0.3) is 0 Å². The highest BCUT2D eigenvalue weighted by Crippen LogP contribution is 2.15. The van der Waals surface area contributed by atoms with Gasteiger partial charge in [0.15, 0.2) is 6.10 Å². The Morgan fingerprint density at radius 3 is 0.985 bits per heavy atom. The molecular weight excluding hydrogens is 829 g/mol. The highest BCUT2D eigenvalue weighted by atomic mass is 16.6. The normalized spacial score (nSPS) is 12.7. The highest BCUT2D eigenvalue weighted by Gasteiger charge is 2.19. The maximum absolute atomic E-state index is 12.8. The van der Waals surface area contributed by atoms with Crippen LogP contribution in [-0.2, 0) is 28.6 Å². The summed E-state index contributed by atoms with van der Waals surface area (Å²) in [6.45, 7) is 6.46. The molecule has 0 aromatic carbocycles. The van der Waals surface area contributed by atoms with Crippen molar-refractivity contribution < 1.29 is 28.6 Å². The molecule has 67 heavy (non-hydrogen) atoms. The molecule has 0 N–H and O–H groups in total. The third-order valence-corrected chi connectivity index (χ3v) is 11.9. The van der Waals surface area contributed by atoms with Gasteiger partial charge in [0.1, 0.15) is 13.2 Å². The van der Waals surface area contributed by atoms with Crippen LogP contribution in [0.1, 0.15) is 265 Å². The molecule has 0 rings (SSSR count). The molecule has 0 fully saturated rings. The summed E-state index contributed by atoms with van der Waals surface area (Å²) in [7, 11) is 0. The number of carbonyl (C=O) groups excluding carboxylic acids is 3. The van der Waals surface area contributed by atoms with Crippen LogP contribution in [0.3, 0.4) is 0 Å². The average molecular weight is 933 g/mol. The fraction of sp³-hybridized carbons (Fsp3) is 0.721. The second-order valence-electron chi connectivity index (χ2n) is 18.5. The molecular formula is C61H104O6. The maximum atomic E-state index is 12.8. The van der Waals surface area contributed by atoms with Gasteiger partial charge in [0.05, 0.1) is 0 Å². The first-order valence-corrected chi connectivity index (χ1v) is 28.1. The van der Waals surface area contributed by atoms with Crippen LogP contribution in [-0.4, -0.2) is 37.2 Å². The predicted octanol–water partition coefficient (Wildman–Crippen LogP) is 18.8. The molecule has 0 unspecified atom stereocenters. The van der Waals surface area contributed by atoms with Gasteiger partial charge in [-0.1, -0.05) is 241 Å². The zero-order chi connectivity index (χ0) is 48.6. The van der Waals surface area contributed by atoms with E-state index in [0.29, 0.717) is 19.3 Å². The number of rotatable bonds is 50. The fourth-order valence-electron chi connectivity index (χ4n) is 7.68. The lowest BCUT2D eigenvalue weighted by molar-refractivity contribution is -0.167. The Hall–Kier alpha value is -3.41. The minimum absolute atomic E-state index is 0.0986. The molecule has 0 aromatic rings. The van der Waals surface area contributed by atoms with Crippen molar-refractivity contribution in [2.75, 3.05) is 13.2 Å². The van der Waals surface area contributed by atoms with E-state index in [1.54, 1.807) is 0 Å². The molecule has 0 saturated carbocycles. The first-order chi connectivity index (χ1) is 33.0. The molecule has 0 radical (unpaired) electrons. The van der Waals surface area contributed by atoms with Crippen LogP contribution in [0.2, 0.25) is 0 Å². The summed E-state index contributed by atoms with van der Waals surface area (Å²) in [5.41, 5.74) is 0. The zero-order valence-corrected chi connectivity index (χ0v) is 43.9. The first kappa shape index (κ1) is 63.6. The molecule has 1 atom stereocenters. The van der Waals surface area contributed by atoms with Gasteiger partial charge in [-0.15, -0.1) is 0 Å². The summed E-state index contributed by atoms with van der Waals surface area (Å²) < 4.78 is 16.8. The molecule has 0 heterocycles. The van der Waals surface area contributed by atoms with Crippen molar-refractivity contribution in [2.45, 2.75) is 271 Å². The monoisotopic (exact) mass is 933 g/mol. The molecule has 6 heteroatoms. The quantitative estimate of drug-likeness (QED) is 0.0262. The van der Waals surface area contributed by atoms with E-state index in [9.17, 15) is 14.4 Å². The van der Waals surface area contributed by atoms with Gasteiger partial charge in [-0.05, 0) is 89.9 Å². The van der Waals surface area contributed by atoms with E-state index in [4.69, 9.17) is 14.2 Å². The van der Waals surface area contributed by atoms with E-state index in [1.807, 2.05) is 0 Å². The van der Waals surface area contributed by atoms with Gasteiger partial charge >= 0.3 is 17.9 Å². The van der Waals surface area contributed by atoms with E-state index in [1.165, 1.54) is 135 Å².